The van der Waals surface area contributed by atoms with Gasteiger partial charge in [-0.05, 0) is 43.3 Å². The average Bonchev–Trinajstić information content (AvgIpc) is 3.29. The van der Waals surface area contributed by atoms with E-state index < -0.39 is 5.97 Å². The third-order valence-electron chi connectivity index (χ3n) is 4.46. The number of aromatic nitrogens is 2. The van der Waals surface area contributed by atoms with Gasteiger partial charge >= 0.3 is 11.9 Å². The van der Waals surface area contributed by atoms with Gasteiger partial charge in [0.2, 0.25) is 0 Å². The summed E-state index contributed by atoms with van der Waals surface area (Å²) in [5, 5.41) is 7.57. The number of imidazole rings is 1. The lowest BCUT2D eigenvalue weighted by atomic mass is 10.2. The van der Waals surface area contributed by atoms with Gasteiger partial charge in [0.1, 0.15) is 5.82 Å². The van der Waals surface area contributed by atoms with E-state index in [2.05, 4.69) is 14.7 Å². The summed E-state index contributed by atoms with van der Waals surface area (Å²) in [4.78, 5) is 30.1. The highest BCUT2D eigenvalue weighted by atomic mass is 16.5. The predicted molar refractivity (Wildman–Crippen MR) is 132 cm³/mol. The number of fused-ring (bicyclic) bond motifs is 1. The molecular weight excluding hydrogens is 436 g/mol. The van der Waals surface area contributed by atoms with Gasteiger partial charge in [0.25, 0.3) is 0 Å². The van der Waals surface area contributed by atoms with Crippen LogP contribution >= 0.6 is 0 Å². The van der Waals surface area contributed by atoms with Crippen LogP contribution in [0.3, 0.4) is 0 Å². The molecule has 0 fully saturated rings. The third kappa shape index (κ3) is 6.81. The Kier molecular flexibility index (Phi) is 9.60. The number of carbonyl (C=O) groups excluding carboxylic acids is 2. The molecule has 4 rings (SSSR count). The molecule has 0 unspecified atom stereocenters. The van der Waals surface area contributed by atoms with Crippen molar-refractivity contribution in [1.82, 2.24) is 9.97 Å². The first-order valence-electron chi connectivity index (χ1n) is 10.3. The number of H-pyrrole nitrogens is 1. The van der Waals surface area contributed by atoms with Crippen molar-refractivity contribution in [2.24, 2.45) is 0 Å². The summed E-state index contributed by atoms with van der Waals surface area (Å²) in [5.41, 5.74) is 15.4. The van der Waals surface area contributed by atoms with E-state index in [9.17, 15) is 9.59 Å². The second kappa shape index (κ2) is 12.6. The van der Waals surface area contributed by atoms with Crippen LogP contribution in [0.1, 0.15) is 27.6 Å². The molecule has 0 radical (unpaired) electrons. The minimum atomic E-state index is -0.415. The normalized spacial score (nSPS) is 9.76. The molecule has 4 aromatic rings. The predicted octanol–water partition coefficient (Wildman–Crippen LogP) is 3.65. The molecule has 0 amide bonds. The van der Waals surface area contributed by atoms with Gasteiger partial charge in [0, 0.05) is 12.2 Å². The van der Waals surface area contributed by atoms with E-state index in [0.29, 0.717) is 22.5 Å². The van der Waals surface area contributed by atoms with Crippen LogP contribution in [0, 0.1) is 0 Å². The molecule has 9 nitrogen and oxygen atoms in total. The molecule has 0 saturated carbocycles. The van der Waals surface area contributed by atoms with E-state index in [1.54, 1.807) is 31.2 Å². The van der Waals surface area contributed by atoms with Crippen molar-refractivity contribution < 1.29 is 24.2 Å². The minimum absolute atomic E-state index is 0.250. The Morgan fingerprint density at radius 2 is 1.44 bits per heavy atom. The molecule has 0 bridgehead atoms. The first-order valence-corrected chi connectivity index (χ1v) is 10.3. The van der Waals surface area contributed by atoms with Gasteiger partial charge < -0.3 is 31.0 Å². The highest BCUT2D eigenvalue weighted by molar-refractivity contribution is 5.94. The van der Waals surface area contributed by atoms with Gasteiger partial charge in [0.05, 0.1) is 47.8 Å². The Hall–Kier alpha value is -4.37. The van der Waals surface area contributed by atoms with Crippen molar-refractivity contribution in [1.29, 1.82) is 0 Å². The molecule has 0 aliphatic rings. The van der Waals surface area contributed by atoms with E-state index in [-0.39, 0.29) is 12.6 Å². The molecular formula is C25H28N4O5. The number of esters is 2. The highest BCUT2D eigenvalue weighted by Gasteiger charge is 2.09. The minimum Gasteiger partial charge on any atom is -0.465 e. The Labute approximate surface area is 197 Å². The quantitative estimate of drug-likeness (QED) is 0.265. The molecule has 0 spiro atoms. The Morgan fingerprint density at radius 3 is 2.00 bits per heavy atom. The average molecular weight is 465 g/mol. The summed E-state index contributed by atoms with van der Waals surface area (Å²) >= 11 is 0. The molecule has 1 heterocycles. The van der Waals surface area contributed by atoms with Crippen LogP contribution in [0.5, 0.6) is 0 Å². The summed E-state index contributed by atoms with van der Waals surface area (Å²) in [6.07, 6.45) is 0. The Morgan fingerprint density at radius 1 is 0.882 bits per heavy atom. The standard InChI is InChI=1S/C15H12N2O2.C8H10N2O2.C2H6O/c1-19-15(18)11-7-8-12-13(9-11)17-14(16-12)10-5-3-2-4-6-10;1-12-8(11)5-2-3-6(9)7(10)4-5;1-2-3/h2-9H,1H3,(H,16,17);2-4H,9-10H2,1H3;3H,2H2,1H3. The van der Waals surface area contributed by atoms with Crippen LogP contribution in [-0.4, -0.2) is 47.8 Å². The number of hydrogen-bond acceptors (Lipinski definition) is 8. The molecule has 0 atom stereocenters. The smallest absolute Gasteiger partial charge is 0.337 e. The number of nitrogens with zero attached hydrogens (tertiary/aromatic N) is 1. The van der Waals surface area contributed by atoms with Gasteiger partial charge in [-0.15, -0.1) is 0 Å². The van der Waals surface area contributed by atoms with Crippen LogP contribution in [-0.2, 0) is 9.47 Å². The van der Waals surface area contributed by atoms with Gasteiger partial charge in [0.15, 0.2) is 0 Å². The number of rotatable bonds is 3. The first-order chi connectivity index (χ1) is 16.3. The lowest BCUT2D eigenvalue weighted by Gasteiger charge is -2.02. The summed E-state index contributed by atoms with van der Waals surface area (Å²) in [7, 11) is 2.68. The van der Waals surface area contributed by atoms with E-state index in [0.717, 1.165) is 22.4 Å². The lowest BCUT2D eigenvalue weighted by molar-refractivity contribution is 0.0592. The maximum absolute atomic E-state index is 11.5. The maximum Gasteiger partial charge on any atom is 0.337 e. The number of nitrogens with one attached hydrogen (secondary N) is 1. The number of nitrogens with two attached hydrogens (primary N) is 2. The molecule has 0 aliphatic carbocycles. The van der Waals surface area contributed by atoms with Gasteiger partial charge in [-0.1, -0.05) is 30.3 Å². The Bertz CT molecular complexity index is 1240. The number of hydrogen-bond donors (Lipinski definition) is 4. The molecule has 9 heteroatoms. The second-order valence-corrected chi connectivity index (χ2v) is 6.83. The van der Waals surface area contributed by atoms with Crippen molar-refractivity contribution in [3.63, 3.8) is 0 Å². The zero-order valence-electron chi connectivity index (χ0n) is 19.2. The van der Waals surface area contributed by atoms with Crippen molar-refractivity contribution >= 4 is 34.3 Å². The fourth-order valence-corrected chi connectivity index (χ4v) is 2.81. The maximum atomic E-state index is 11.5. The van der Waals surface area contributed by atoms with Crippen molar-refractivity contribution in [2.75, 3.05) is 32.3 Å². The van der Waals surface area contributed by atoms with Gasteiger partial charge in [-0.2, -0.15) is 0 Å². The van der Waals surface area contributed by atoms with Crippen LogP contribution in [0.25, 0.3) is 22.4 Å². The number of aliphatic hydroxyl groups excluding tert-OH is 1. The number of nitrogen functional groups attached to an aromatic ring is 2. The third-order valence-corrected chi connectivity index (χ3v) is 4.46. The first kappa shape index (κ1) is 25.9. The summed E-state index contributed by atoms with van der Waals surface area (Å²) in [6.45, 7) is 1.93. The van der Waals surface area contributed by atoms with E-state index in [1.165, 1.54) is 20.3 Å². The summed E-state index contributed by atoms with van der Waals surface area (Å²) in [6, 6.07) is 19.7. The second-order valence-electron chi connectivity index (χ2n) is 6.83. The zero-order valence-corrected chi connectivity index (χ0v) is 19.2. The number of carbonyl (C=O) groups is 2. The SMILES string of the molecule is CCO.COC(=O)c1ccc(N)c(N)c1.COC(=O)c1ccc2nc(-c3ccccc3)[nH]c2c1. The number of methoxy groups -OCH3 is 2. The molecule has 1 aromatic heterocycles. The van der Waals surface area contributed by atoms with Crippen molar-refractivity contribution in [3.8, 4) is 11.4 Å². The molecule has 0 aliphatic heterocycles. The summed E-state index contributed by atoms with van der Waals surface area (Å²) < 4.78 is 9.20. The number of ether oxygens (including phenoxy) is 2. The van der Waals surface area contributed by atoms with Crippen LogP contribution < -0.4 is 11.5 Å². The fraction of sp³-hybridized carbons (Fsp3) is 0.160. The van der Waals surface area contributed by atoms with Gasteiger partial charge in [-0.3, -0.25) is 0 Å². The largest absolute Gasteiger partial charge is 0.465 e. The molecule has 3 aromatic carbocycles. The monoisotopic (exact) mass is 464 g/mol. The lowest BCUT2D eigenvalue weighted by Crippen LogP contribution is -2.03. The van der Waals surface area contributed by atoms with E-state index in [1.807, 2.05) is 36.4 Å². The number of aromatic amines is 1. The van der Waals surface area contributed by atoms with Crippen molar-refractivity contribution in [2.45, 2.75) is 6.92 Å². The molecule has 0 saturated heterocycles. The molecule has 34 heavy (non-hydrogen) atoms. The van der Waals surface area contributed by atoms with Crippen LogP contribution in [0.4, 0.5) is 11.4 Å². The number of aliphatic hydroxyl groups is 1. The van der Waals surface area contributed by atoms with Crippen molar-refractivity contribution in [3.05, 3.63) is 77.9 Å². The number of anilines is 2. The molecule has 178 valence electrons. The summed E-state index contributed by atoms with van der Waals surface area (Å²) in [5.74, 6) is 0.0251. The zero-order chi connectivity index (χ0) is 25.1. The highest BCUT2D eigenvalue weighted by Crippen LogP contribution is 2.21. The fourth-order valence-electron chi connectivity index (χ4n) is 2.81. The number of benzene rings is 3. The Balaban J connectivity index is 0.000000234. The van der Waals surface area contributed by atoms with E-state index in [4.69, 9.17) is 21.3 Å². The molecule has 6 N–H and O–H groups in total. The topological polar surface area (TPSA) is 154 Å². The van der Waals surface area contributed by atoms with Crippen LogP contribution in [0.15, 0.2) is 66.7 Å². The van der Waals surface area contributed by atoms with E-state index >= 15 is 0 Å². The van der Waals surface area contributed by atoms with Crippen LogP contribution in [0.2, 0.25) is 0 Å². The van der Waals surface area contributed by atoms with Gasteiger partial charge in [-0.25, -0.2) is 14.6 Å².